The predicted molar refractivity (Wildman–Crippen MR) is 29.3 cm³/mol. The van der Waals surface area contributed by atoms with E-state index in [2.05, 4.69) is 6.58 Å². The number of hydrogen-bond donors (Lipinski definition) is 0. The lowest BCUT2D eigenvalue weighted by Crippen LogP contribution is -1.99. The molecule has 1 heterocycles. The molecule has 0 aromatic carbocycles. The van der Waals surface area contributed by atoms with Crippen LogP contribution in [0.5, 0.6) is 0 Å². The van der Waals surface area contributed by atoms with Crippen LogP contribution in [0.25, 0.3) is 0 Å². The van der Waals surface area contributed by atoms with E-state index in [1.54, 1.807) is 0 Å². The second kappa shape index (κ2) is 1.62. The smallest absolute Gasteiger partial charge is 0.333 e. The standard InChI is InChI=1S/C6H8O2/c1-4-3-5(2)8-6(4)7/h5H,1,3H2,2H3/t5-/m1/s1. The molecule has 1 aliphatic rings. The molecule has 0 aromatic rings. The number of hydrogen-bond acceptors (Lipinski definition) is 2. The molecule has 2 heteroatoms. The van der Waals surface area contributed by atoms with Gasteiger partial charge in [-0.1, -0.05) is 6.58 Å². The molecule has 0 amide bonds. The van der Waals surface area contributed by atoms with Gasteiger partial charge in [0.05, 0.1) is 0 Å². The van der Waals surface area contributed by atoms with Crippen molar-refractivity contribution in [1.82, 2.24) is 0 Å². The summed E-state index contributed by atoms with van der Waals surface area (Å²) in [5.41, 5.74) is 0.595. The Morgan fingerprint density at radius 1 is 1.88 bits per heavy atom. The van der Waals surface area contributed by atoms with Gasteiger partial charge in [-0.2, -0.15) is 0 Å². The number of rotatable bonds is 0. The minimum absolute atomic E-state index is 0.0509. The second-order valence-corrected chi connectivity index (χ2v) is 2.02. The fourth-order valence-electron chi connectivity index (χ4n) is 0.738. The molecule has 1 saturated heterocycles. The Labute approximate surface area is 48.1 Å². The van der Waals surface area contributed by atoms with Crippen LogP contribution in [0.4, 0.5) is 0 Å². The summed E-state index contributed by atoms with van der Waals surface area (Å²) in [5.74, 6) is -0.238. The molecule has 8 heavy (non-hydrogen) atoms. The molecule has 0 spiro atoms. The van der Waals surface area contributed by atoms with Gasteiger partial charge >= 0.3 is 5.97 Å². The third-order valence-electron chi connectivity index (χ3n) is 1.13. The maximum Gasteiger partial charge on any atom is 0.333 e. The first kappa shape index (κ1) is 5.35. The van der Waals surface area contributed by atoms with Gasteiger partial charge in [0.25, 0.3) is 0 Å². The zero-order valence-electron chi connectivity index (χ0n) is 4.81. The molecular weight excluding hydrogens is 104 g/mol. The van der Waals surface area contributed by atoms with Crippen molar-refractivity contribution >= 4 is 5.97 Å². The number of esters is 1. The summed E-state index contributed by atoms with van der Waals surface area (Å²) in [5, 5.41) is 0. The quantitative estimate of drug-likeness (QED) is 0.343. The molecule has 0 radical (unpaired) electrons. The Morgan fingerprint density at radius 3 is 2.62 bits per heavy atom. The first-order valence-electron chi connectivity index (χ1n) is 2.59. The van der Waals surface area contributed by atoms with E-state index in [4.69, 9.17) is 4.74 Å². The van der Waals surface area contributed by atoms with E-state index < -0.39 is 0 Å². The lowest BCUT2D eigenvalue weighted by atomic mass is 10.2. The van der Waals surface area contributed by atoms with E-state index in [9.17, 15) is 4.79 Å². The van der Waals surface area contributed by atoms with E-state index in [1.165, 1.54) is 0 Å². The Balaban J connectivity index is 2.64. The highest BCUT2D eigenvalue weighted by Gasteiger charge is 2.22. The van der Waals surface area contributed by atoms with E-state index >= 15 is 0 Å². The highest BCUT2D eigenvalue weighted by Crippen LogP contribution is 2.16. The Kier molecular flexibility index (Phi) is 1.08. The number of carbonyl (C=O) groups excluding carboxylic acids is 1. The molecule has 44 valence electrons. The van der Waals surface area contributed by atoms with Gasteiger partial charge in [0.2, 0.25) is 0 Å². The minimum Gasteiger partial charge on any atom is -0.459 e. The molecule has 1 aliphatic heterocycles. The van der Waals surface area contributed by atoms with Gasteiger partial charge < -0.3 is 4.74 Å². The van der Waals surface area contributed by atoms with Crippen molar-refractivity contribution in [3.05, 3.63) is 12.2 Å². The van der Waals surface area contributed by atoms with Gasteiger partial charge in [-0.15, -0.1) is 0 Å². The predicted octanol–water partition coefficient (Wildman–Crippen LogP) is 0.878. The maximum atomic E-state index is 10.5. The normalized spacial score (nSPS) is 28.4. The number of cyclic esters (lactones) is 1. The van der Waals surface area contributed by atoms with Crippen molar-refractivity contribution in [2.24, 2.45) is 0 Å². The second-order valence-electron chi connectivity index (χ2n) is 2.02. The average molecular weight is 112 g/mol. The van der Waals surface area contributed by atoms with Crippen molar-refractivity contribution in [3.8, 4) is 0 Å². The van der Waals surface area contributed by atoms with Crippen molar-refractivity contribution in [2.75, 3.05) is 0 Å². The van der Waals surface area contributed by atoms with E-state index in [0.717, 1.165) is 0 Å². The van der Waals surface area contributed by atoms with Crippen LogP contribution < -0.4 is 0 Å². The molecule has 1 rings (SSSR count). The summed E-state index contributed by atoms with van der Waals surface area (Å²) < 4.78 is 4.73. The van der Waals surface area contributed by atoms with Crippen molar-refractivity contribution in [2.45, 2.75) is 19.4 Å². The topological polar surface area (TPSA) is 26.3 Å². The van der Waals surface area contributed by atoms with Crippen LogP contribution in [0.15, 0.2) is 12.2 Å². The number of ether oxygens (including phenoxy) is 1. The molecule has 1 fully saturated rings. The van der Waals surface area contributed by atoms with Crippen LogP contribution in [0, 0.1) is 0 Å². The molecule has 0 N–H and O–H groups in total. The van der Waals surface area contributed by atoms with E-state index in [1.807, 2.05) is 6.92 Å². The molecule has 0 unspecified atom stereocenters. The summed E-state index contributed by atoms with van der Waals surface area (Å²) in [6.07, 6.45) is 0.744. The summed E-state index contributed by atoms with van der Waals surface area (Å²) in [6.45, 7) is 5.37. The molecule has 0 saturated carbocycles. The average Bonchev–Trinajstić information content (AvgIpc) is 1.85. The molecule has 2 nitrogen and oxygen atoms in total. The Morgan fingerprint density at radius 2 is 2.50 bits per heavy atom. The Hall–Kier alpha value is -0.790. The number of carbonyl (C=O) groups is 1. The summed E-state index contributed by atoms with van der Waals surface area (Å²) in [7, 11) is 0. The minimum atomic E-state index is -0.238. The zero-order chi connectivity index (χ0) is 6.15. The van der Waals surface area contributed by atoms with Gasteiger partial charge in [0, 0.05) is 12.0 Å². The molecule has 0 aromatic heterocycles. The molecule has 0 bridgehead atoms. The monoisotopic (exact) mass is 112 g/mol. The highest BCUT2D eigenvalue weighted by molar-refractivity contribution is 5.89. The van der Waals surface area contributed by atoms with Gasteiger partial charge in [-0.25, -0.2) is 4.79 Å². The van der Waals surface area contributed by atoms with Crippen LogP contribution >= 0.6 is 0 Å². The first-order chi connectivity index (χ1) is 3.70. The van der Waals surface area contributed by atoms with Crippen LogP contribution in [0.3, 0.4) is 0 Å². The fourth-order valence-corrected chi connectivity index (χ4v) is 0.738. The summed E-state index contributed by atoms with van der Waals surface area (Å²) in [4.78, 5) is 10.5. The van der Waals surface area contributed by atoms with E-state index in [0.29, 0.717) is 12.0 Å². The maximum absolute atomic E-state index is 10.5. The first-order valence-corrected chi connectivity index (χ1v) is 2.59. The SMILES string of the molecule is C=C1C[C@@H](C)OC1=O. The summed E-state index contributed by atoms with van der Waals surface area (Å²) >= 11 is 0. The highest BCUT2D eigenvalue weighted by atomic mass is 16.5. The Bertz CT molecular complexity index is 121. The van der Waals surface area contributed by atoms with Crippen LogP contribution in [0.2, 0.25) is 0 Å². The largest absolute Gasteiger partial charge is 0.459 e. The molecular formula is C6H8O2. The molecule has 1 atom stereocenters. The van der Waals surface area contributed by atoms with Crippen LogP contribution in [0.1, 0.15) is 13.3 Å². The molecule has 0 aliphatic carbocycles. The van der Waals surface area contributed by atoms with Crippen LogP contribution in [-0.4, -0.2) is 12.1 Å². The lowest BCUT2D eigenvalue weighted by Gasteiger charge is -1.94. The van der Waals surface area contributed by atoms with Gasteiger partial charge in [-0.05, 0) is 6.92 Å². The van der Waals surface area contributed by atoms with Crippen molar-refractivity contribution in [3.63, 3.8) is 0 Å². The lowest BCUT2D eigenvalue weighted by molar-refractivity contribution is -0.138. The van der Waals surface area contributed by atoms with Crippen LogP contribution in [-0.2, 0) is 9.53 Å². The van der Waals surface area contributed by atoms with E-state index in [-0.39, 0.29) is 12.1 Å². The van der Waals surface area contributed by atoms with Gasteiger partial charge in [0.15, 0.2) is 0 Å². The summed E-state index contributed by atoms with van der Waals surface area (Å²) in [6, 6.07) is 0. The van der Waals surface area contributed by atoms with Gasteiger partial charge in [-0.3, -0.25) is 0 Å². The fraction of sp³-hybridized carbons (Fsp3) is 0.500. The third kappa shape index (κ3) is 0.735. The van der Waals surface area contributed by atoms with Crippen molar-refractivity contribution in [1.29, 1.82) is 0 Å². The van der Waals surface area contributed by atoms with Crippen molar-refractivity contribution < 1.29 is 9.53 Å². The zero-order valence-corrected chi connectivity index (χ0v) is 4.81. The third-order valence-corrected chi connectivity index (χ3v) is 1.13. The van der Waals surface area contributed by atoms with Gasteiger partial charge in [0.1, 0.15) is 6.10 Å².